The van der Waals surface area contributed by atoms with Gasteiger partial charge in [-0.15, -0.1) is 0 Å². The maximum absolute atomic E-state index is 12.2. The Labute approximate surface area is 119 Å². The van der Waals surface area contributed by atoms with E-state index in [1.165, 1.54) is 6.92 Å². The van der Waals surface area contributed by atoms with E-state index in [4.69, 9.17) is 0 Å². The number of carbonyl (C=O) groups is 2. The highest BCUT2D eigenvalue weighted by Gasteiger charge is 2.33. The second-order valence-corrected chi connectivity index (χ2v) is 5.51. The molecule has 1 saturated carbocycles. The van der Waals surface area contributed by atoms with Gasteiger partial charge in [-0.2, -0.15) is 0 Å². The highest BCUT2D eigenvalue weighted by Crippen LogP contribution is 2.31. The van der Waals surface area contributed by atoms with Crippen molar-refractivity contribution in [2.24, 2.45) is 5.92 Å². The minimum absolute atomic E-state index is 0.00755. The van der Waals surface area contributed by atoms with Gasteiger partial charge in [-0.25, -0.2) is 0 Å². The molecular weight excluding hydrogens is 254 g/mol. The van der Waals surface area contributed by atoms with Gasteiger partial charge in [0.2, 0.25) is 0 Å². The number of carbonyl (C=O) groups excluding carboxylic acids is 2. The van der Waals surface area contributed by atoms with Crippen LogP contribution in [0.15, 0.2) is 24.3 Å². The van der Waals surface area contributed by atoms with Crippen LogP contribution in [-0.4, -0.2) is 28.9 Å². The van der Waals surface area contributed by atoms with Gasteiger partial charge in [0.1, 0.15) is 0 Å². The largest absolute Gasteiger partial charge is 0.393 e. The van der Waals surface area contributed by atoms with E-state index in [1.807, 2.05) is 6.92 Å². The summed E-state index contributed by atoms with van der Waals surface area (Å²) in [6.45, 7) is 3.54. The van der Waals surface area contributed by atoms with Crippen LogP contribution in [0.1, 0.15) is 53.8 Å². The minimum atomic E-state index is -0.208. The zero-order chi connectivity index (χ0) is 14.7. The fourth-order valence-corrected chi connectivity index (χ4v) is 2.62. The number of aliphatic hydroxyl groups is 1. The Morgan fingerprint density at radius 1 is 1.25 bits per heavy atom. The van der Waals surface area contributed by atoms with Crippen LogP contribution in [0.2, 0.25) is 0 Å². The molecule has 1 aromatic carbocycles. The van der Waals surface area contributed by atoms with Gasteiger partial charge in [0, 0.05) is 17.2 Å². The van der Waals surface area contributed by atoms with Crippen molar-refractivity contribution in [2.75, 3.05) is 0 Å². The van der Waals surface area contributed by atoms with E-state index in [-0.39, 0.29) is 23.8 Å². The number of ketones is 1. The van der Waals surface area contributed by atoms with Crippen molar-refractivity contribution >= 4 is 11.7 Å². The molecule has 0 heterocycles. The number of nitrogens with one attached hydrogen (secondary N) is 1. The number of hydrogen-bond acceptors (Lipinski definition) is 3. The number of Topliss-reactive ketones (excluding diaryl/α,β-unsaturated/α-hetero) is 1. The van der Waals surface area contributed by atoms with Gasteiger partial charge in [0.05, 0.1) is 6.10 Å². The second-order valence-electron chi connectivity index (χ2n) is 5.51. The molecule has 2 rings (SSSR count). The van der Waals surface area contributed by atoms with Crippen molar-refractivity contribution in [3.8, 4) is 0 Å². The van der Waals surface area contributed by atoms with Crippen LogP contribution in [0.4, 0.5) is 0 Å². The zero-order valence-electron chi connectivity index (χ0n) is 11.9. The molecule has 1 amide bonds. The third-order valence-corrected chi connectivity index (χ3v) is 4.03. The van der Waals surface area contributed by atoms with E-state index < -0.39 is 0 Å². The third-order valence-electron chi connectivity index (χ3n) is 4.03. The average molecular weight is 275 g/mol. The lowest BCUT2D eigenvalue weighted by Gasteiger charge is -2.37. The maximum Gasteiger partial charge on any atom is 0.251 e. The summed E-state index contributed by atoms with van der Waals surface area (Å²) in [5.74, 6) is 0.246. The first kappa shape index (κ1) is 14.7. The molecule has 0 aliphatic heterocycles. The summed E-state index contributed by atoms with van der Waals surface area (Å²) >= 11 is 0. The van der Waals surface area contributed by atoms with Gasteiger partial charge < -0.3 is 10.4 Å². The van der Waals surface area contributed by atoms with Crippen molar-refractivity contribution in [1.82, 2.24) is 5.32 Å². The van der Waals surface area contributed by atoms with Gasteiger partial charge in [-0.05, 0) is 44.2 Å². The van der Waals surface area contributed by atoms with E-state index in [0.717, 1.165) is 19.3 Å². The first-order chi connectivity index (χ1) is 9.51. The quantitative estimate of drug-likeness (QED) is 0.809. The Bertz CT molecular complexity index is 489. The van der Waals surface area contributed by atoms with Gasteiger partial charge in [-0.1, -0.05) is 19.1 Å². The van der Waals surface area contributed by atoms with Crippen LogP contribution in [-0.2, 0) is 0 Å². The molecule has 1 atom stereocenters. The van der Waals surface area contributed by atoms with E-state index in [2.05, 4.69) is 5.32 Å². The Kier molecular flexibility index (Phi) is 4.55. The van der Waals surface area contributed by atoms with Crippen LogP contribution in [0, 0.1) is 5.92 Å². The molecule has 0 spiro atoms. The minimum Gasteiger partial charge on any atom is -0.393 e. The number of aliphatic hydroxyl groups excluding tert-OH is 1. The highest BCUT2D eigenvalue weighted by atomic mass is 16.3. The number of benzene rings is 1. The van der Waals surface area contributed by atoms with Crippen molar-refractivity contribution in [3.63, 3.8) is 0 Å². The predicted octanol–water partition coefficient (Wildman–Crippen LogP) is 2.17. The normalized spacial score (nSPS) is 22.8. The highest BCUT2D eigenvalue weighted by molar-refractivity contribution is 5.97. The first-order valence-corrected chi connectivity index (χ1v) is 7.11. The summed E-state index contributed by atoms with van der Waals surface area (Å²) < 4.78 is 0. The smallest absolute Gasteiger partial charge is 0.251 e. The average Bonchev–Trinajstić information content (AvgIpc) is 2.41. The van der Waals surface area contributed by atoms with Crippen molar-refractivity contribution in [2.45, 2.75) is 45.3 Å². The molecule has 1 aliphatic carbocycles. The summed E-state index contributed by atoms with van der Waals surface area (Å²) in [4.78, 5) is 23.4. The number of hydrogen-bond donors (Lipinski definition) is 2. The van der Waals surface area contributed by atoms with E-state index in [0.29, 0.717) is 17.0 Å². The summed E-state index contributed by atoms with van der Waals surface area (Å²) in [5, 5.41) is 12.4. The Morgan fingerprint density at radius 3 is 2.25 bits per heavy atom. The molecule has 1 aromatic rings. The lowest BCUT2D eigenvalue weighted by Crippen LogP contribution is -2.46. The monoisotopic (exact) mass is 275 g/mol. The number of rotatable bonds is 5. The topological polar surface area (TPSA) is 66.4 Å². The molecule has 0 radical (unpaired) electrons. The lowest BCUT2D eigenvalue weighted by atomic mass is 9.76. The Hall–Kier alpha value is -1.68. The van der Waals surface area contributed by atoms with Gasteiger partial charge in [0.15, 0.2) is 5.78 Å². The molecule has 4 nitrogen and oxygen atoms in total. The fourth-order valence-electron chi connectivity index (χ4n) is 2.62. The van der Waals surface area contributed by atoms with Gasteiger partial charge in [0.25, 0.3) is 5.91 Å². The van der Waals surface area contributed by atoms with Crippen LogP contribution < -0.4 is 5.32 Å². The number of amides is 1. The van der Waals surface area contributed by atoms with Crippen molar-refractivity contribution < 1.29 is 14.7 Å². The van der Waals surface area contributed by atoms with E-state index in [9.17, 15) is 14.7 Å². The SMILES string of the molecule is CC[C@@H](NC(=O)c1ccc(C(C)=O)cc1)C1CC(O)C1. The molecule has 0 saturated heterocycles. The first-order valence-electron chi connectivity index (χ1n) is 7.11. The molecule has 1 fully saturated rings. The lowest BCUT2D eigenvalue weighted by molar-refractivity contribution is 0.0232. The molecule has 0 unspecified atom stereocenters. The van der Waals surface area contributed by atoms with Crippen molar-refractivity contribution in [3.05, 3.63) is 35.4 Å². The van der Waals surface area contributed by atoms with Gasteiger partial charge >= 0.3 is 0 Å². The van der Waals surface area contributed by atoms with Crippen molar-refractivity contribution in [1.29, 1.82) is 0 Å². The van der Waals surface area contributed by atoms with Crippen LogP contribution in [0.5, 0.6) is 0 Å². The second kappa shape index (κ2) is 6.18. The Morgan fingerprint density at radius 2 is 1.80 bits per heavy atom. The van der Waals surface area contributed by atoms with E-state index >= 15 is 0 Å². The van der Waals surface area contributed by atoms with Gasteiger partial charge in [-0.3, -0.25) is 9.59 Å². The molecular formula is C16H21NO3. The summed E-state index contributed by atoms with van der Waals surface area (Å²) in [6.07, 6.45) is 2.18. The fraction of sp³-hybridized carbons (Fsp3) is 0.500. The molecule has 0 aromatic heterocycles. The Balaban J connectivity index is 1.98. The summed E-state index contributed by atoms with van der Waals surface area (Å²) in [5.41, 5.74) is 1.17. The van der Waals surface area contributed by atoms with Crippen LogP contribution in [0.3, 0.4) is 0 Å². The summed E-state index contributed by atoms with van der Waals surface area (Å²) in [6, 6.07) is 6.80. The van der Waals surface area contributed by atoms with Crippen LogP contribution in [0.25, 0.3) is 0 Å². The molecule has 108 valence electrons. The molecule has 2 N–H and O–H groups in total. The zero-order valence-corrected chi connectivity index (χ0v) is 11.9. The molecule has 4 heteroatoms. The van der Waals surface area contributed by atoms with Crippen LogP contribution >= 0.6 is 0 Å². The summed E-state index contributed by atoms with van der Waals surface area (Å²) in [7, 11) is 0. The molecule has 20 heavy (non-hydrogen) atoms. The molecule has 0 bridgehead atoms. The predicted molar refractivity (Wildman–Crippen MR) is 76.7 cm³/mol. The maximum atomic E-state index is 12.2. The standard InChI is InChI=1S/C16H21NO3/c1-3-15(13-8-14(19)9-13)17-16(20)12-6-4-11(5-7-12)10(2)18/h4-7,13-15,19H,3,8-9H2,1-2H3,(H,17,20)/t13?,14?,15-/m1/s1. The third kappa shape index (κ3) is 3.25. The van der Waals surface area contributed by atoms with E-state index in [1.54, 1.807) is 24.3 Å². The molecule has 1 aliphatic rings.